The standard InChI is InChI=1S/C26H20BrIN2O3S/c1-2-16-5-10-20(11-6-16)30-25(32)21(24(31)29-26(30)34)13-18-7-12-23(22(28)14-18)33-15-17-3-8-19(27)9-4-17/h3-14H,2,15H2,1H3,(H,29,31,34)/b21-13+. The van der Waals surface area contributed by atoms with Gasteiger partial charge in [-0.05, 0) is 100 Å². The first kappa shape index (κ1) is 24.6. The Bertz CT molecular complexity index is 1290. The van der Waals surface area contributed by atoms with E-state index in [0.717, 1.165) is 31.3 Å². The van der Waals surface area contributed by atoms with Crippen LogP contribution in [-0.2, 0) is 22.6 Å². The number of anilines is 1. The minimum Gasteiger partial charge on any atom is -0.488 e. The maximum absolute atomic E-state index is 13.2. The summed E-state index contributed by atoms with van der Waals surface area (Å²) in [5, 5.41) is 2.70. The molecule has 0 bridgehead atoms. The number of hydrogen-bond donors (Lipinski definition) is 1. The van der Waals surface area contributed by atoms with E-state index in [1.165, 1.54) is 4.90 Å². The van der Waals surface area contributed by atoms with Gasteiger partial charge in [0.05, 0.1) is 9.26 Å². The Kier molecular flexibility index (Phi) is 7.80. The van der Waals surface area contributed by atoms with E-state index in [-0.39, 0.29) is 10.7 Å². The predicted molar refractivity (Wildman–Crippen MR) is 150 cm³/mol. The number of halogens is 2. The fourth-order valence-electron chi connectivity index (χ4n) is 3.40. The third-order valence-corrected chi connectivity index (χ3v) is 6.94. The van der Waals surface area contributed by atoms with Crippen LogP contribution < -0.4 is 15.0 Å². The maximum Gasteiger partial charge on any atom is 0.270 e. The van der Waals surface area contributed by atoms with Gasteiger partial charge in [0.2, 0.25) is 0 Å². The van der Waals surface area contributed by atoms with E-state index in [1.54, 1.807) is 6.08 Å². The second kappa shape index (κ2) is 10.8. The van der Waals surface area contributed by atoms with Crippen LogP contribution in [0.4, 0.5) is 5.69 Å². The van der Waals surface area contributed by atoms with Gasteiger partial charge in [0.25, 0.3) is 11.8 Å². The minimum absolute atomic E-state index is 0.0208. The Morgan fingerprint density at radius 3 is 2.35 bits per heavy atom. The number of aryl methyl sites for hydroxylation is 1. The average Bonchev–Trinajstić information content (AvgIpc) is 2.82. The molecule has 172 valence electrons. The smallest absolute Gasteiger partial charge is 0.270 e. The first-order valence-electron chi connectivity index (χ1n) is 10.5. The lowest BCUT2D eigenvalue weighted by molar-refractivity contribution is -0.122. The molecule has 4 rings (SSSR count). The van der Waals surface area contributed by atoms with Crippen molar-refractivity contribution in [2.75, 3.05) is 4.90 Å². The first-order chi connectivity index (χ1) is 16.4. The predicted octanol–water partition coefficient (Wildman–Crippen LogP) is 6.03. The molecule has 0 atom stereocenters. The number of thiocarbonyl (C=S) groups is 1. The highest BCUT2D eigenvalue weighted by Gasteiger charge is 2.34. The number of carbonyl (C=O) groups is 2. The summed E-state index contributed by atoms with van der Waals surface area (Å²) < 4.78 is 7.83. The van der Waals surface area contributed by atoms with Crippen molar-refractivity contribution in [3.05, 3.63) is 97.0 Å². The molecule has 0 radical (unpaired) electrons. The summed E-state index contributed by atoms with van der Waals surface area (Å²) in [5.41, 5.74) is 3.55. The summed E-state index contributed by atoms with van der Waals surface area (Å²) in [6.07, 6.45) is 2.47. The molecular formula is C26H20BrIN2O3S. The normalized spacial score (nSPS) is 15.0. The van der Waals surface area contributed by atoms with Crippen LogP contribution >= 0.6 is 50.7 Å². The number of nitrogens with zero attached hydrogens (tertiary/aromatic N) is 1. The molecule has 1 saturated heterocycles. The van der Waals surface area contributed by atoms with Crippen molar-refractivity contribution >= 4 is 79.4 Å². The molecular weight excluding hydrogens is 627 g/mol. The van der Waals surface area contributed by atoms with Gasteiger partial charge in [0.1, 0.15) is 17.9 Å². The molecule has 1 fully saturated rings. The summed E-state index contributed by atoms with van der Waals surface area (Å²) >= 11 is 10.9. The average molecular weight is 647 g/mol. The lowest BCUT2D eigenvalue weighted by atomic mass is 10.1. The molecule has 0 aromatic heterocycles. The van der Waals surface area contributed by atoms with Crippen molar-refractivity contribution in [3.8, 4) is 5.75 Å². The molecule has 1 N–H and O–H groups in total. The quantitative estimate of drug-likeness (QED) is 0.154. The molecule has 0 aliphatic carbocycles. The molecule has 5 nitrogen and oxygen atoms in total. The molecule has 34 heavy (non-hydrogen) atoms. The van der Waals surface area contributed by atoms with Crippen LogP contribution in [0.2, 0.25) is 0 Å². The highest BCUT2D eigenvalue weighted by atomic mass is 127. The van der Waals surface area contributed by atoms with Gasteiger partial charge in [0, 0.05) is 4.47 Å². The first-order valence-corrected chi connectivity index (χ1v) is 12.8. The van der Waals surface area contributed by atoms with Crippen LogP contribution in [0.5, 0.6) is 5.75 Å². The van der Waals surface area contributed by atoms with E-state index in [2.05, 4.69) is 50.8 Å². The van der Waals surface area contributed by atoms with Crippen molar-refractivity contribution in [2.24, 2.45) is 0 Å². The third kappa shape index (κ3) is 5.56. The molecule has 0 unspecified atom stereocenters. The van der Waals surface area contributed by atoms with Crippen molar-refractivity contribution in [1.29, 1.82) is 0 Å². The molecule has 0 spiro atoms. The molecule has 1 aliphatic rings. The molecule has 2 amide bonds. The van der Waals surface area contributed by atoms with E-state index in [4.69, 9.17) is 17.0 Å². The minimum atomic E-state index is -0.512. The number of rotatable bonds is 6. The van der Waals surface area contributed by atoms with Crippen molar-refractivity contribution in [1.82, 2.24) is 5.32 Å². The van der Waals surface area contributed by atoms with Gasteiger partial charge in [0.15, 0.2) is 5.11 Å². The summed E-state index contributed by atoms with van der Waals surface area (Å²) in [4.78, 5) is 27.2. The largest absolute Gasteiger partial charge is 0.488 e. The highest BCUT2D eigenvalue weighted by molar-refractivity contribution is 14.1. The van der Waals surface area contributed by atoms with Gasteiger partial charge < -0.3 is 4.74 Å². The number of nitrogens with one attached hydrogen (secondary N) is 1. The van der Waals surface area contributed by atoms with E-state index in [1.807, 2.05) is 66.7 Å². The lowest BCUT2D eigenvalue weighted by Crippen LogP contribution is -2.54. The second-order valence-corrected chi connectivity index (χ2v) is 10.0. The van der Waals surface area contributed by atoms with Crippen molar-refractivity contribution in [2.45, 2.75) is 20.0 Å². The van der Waals surface area contributed by atoms with Crippen molar-refractivity contribution < 1.29 is 14.3 Å². The van der Waals surface area contributed by atoms with E-state index in [9.17, 15) is 9.59 Å². The van der Waals surface area contributed by atoms with Crippen LogP contribution in [0.3, 0.4) is 0 Å². The third-order valence-electron chi connectivity index (χ3n) is 5.28. The van der Waals surface area contributed by atoms with Crippen LogP contribution in [0.25, 0.3) is 6.08 Å². The highest BCUT2D eigenvalue weighted by Crippen LogP contribution is 2.27. The van der Waals surface area contributed by atoms with Gasteiger partial charge in [-0.1, -0.05) is 53.2 Å². The number of ether oxygens (including phenoxy) is 1. The molecule has 3 aromatic carbocycles. The van der Waals surface area contributed by atoms with Gasteiger partial charge in [-0.2, -0.15) is 0 Å². The summed E-state index contributed by atoms with van der Waals surface area (Å²) in [7, 11) is 0. The number of benzene rings is 3. The van der Waals surface area contributed by atoms with E-state index in [0.29, 0.717) is 17.9 Å². The summed E-state index contributed by atoms with van der Waals surface area (Å²) in [6, 6.07) is 21.0. The summed E-state index contributed by atoms with van der Waals surface area (Å²) in [6.45, 7) is 2.50. The SMILES string of the molecule is CCc1ccc(N2C(=O)/C(=C/c3ccc(OCc4ccc(Br)cc4)c(I)c3)C(=O)NC2=S)cc1. The Morgan fingerprint density at radius 1 is 1.03 bits per heavy atom. The van der Waals surface area contributed by atoms with Crippen molar-refractivity contribution in [3.63, 3.8) is 0 Å². The van der Waals surface area contributed by atoms with E-state index < -0.39 is 11.8 Å². The Labute approximate surface area is 225 Å². The molecule has 1 heterocycles. The van der Waals surface area contributed by atoms with Gasteiger partial charge in [-0.25, -0.2) is 0 Å². The fourth-order valence-corrected chi connectivity index (χ4v) is 4.65. The topological polar surface area (TPSA) is 58.6 Å². The number of carbonyl (C=O) groups excluding carboxylic acids is 2. The zero-order chi connectivity index (χ0) is 24.2. The van der Waals surface area contributed by atoms with Crippen LogP contribution in [0.15, 0.2) is 76.8 Å². The van der Waals surface area contributed by atoms with Crippen LogP contribution in [0.1, 0.15) is 23.6 Å². The van der Waals surface area contributed by atoms with Gasteiger partial charge in [-0.15, -0.1) is 0 Å². The molecule has 1 aliphatic heterocycles. The Morgan fingerprint density at radius 2 is 1.71 bits per heavy atom. The monoisotopic (exact) mass is 646 g/mol. The zero-order valence-electron chi connectivity index (χ0n) is 18.2. The van der Waals surface area contributed by atoms with E-state index >= 15 is 0 Å². The lowest BCUT2D eigenvalue weighted by Gasteiger charge is -2.29. The summed E-state index contributed by atoms with van der Waals surface area (Å²) in [5.74, 6) is -0.241. The van der Waals surface area contributed by atoms with Crippen LogP contribution in [-0.4, -0.2) is 16.9 Å². The number of amides is 2. The maximum atomic E-state index is 13.2. The fraction of sp³-hybridized carbons (Fsp3) is 0.115. The van der Waals surface area contributed by atoms with Crippen LogP contribution in [0, 0.1) is 3.57 Å². The second-order valence-electron chi connectivity index (χ2n) is 7.58. The van der Waals surface area contributed by atoms with Gasteiger partial charge >= 0.3 is 0 Å². The Balaban J connectivity index is 1.54. The Hall–Kier alpha value is -2.56. The molecule has 0 saturated carbocycles. The molecule has 3 aromatic rings. The zero-order valence-corrected chi connectivity index (χ0v) is 22.7. The number of hydrogen-bond acceptors (Lipinski definition) is 4. The molecule has 8 heteroatoms. The van der Waals surface area contributed by atoms with Gasteiger partial charge in [-0.3, -0.25) is 19.8 Å².